The third-order valence-corrected chi connectivity index (χ3v) is 1.94. The van der Waals surface area contributed by atoms with Crippen LogP contribution in [0.15, 0.2) is 6.07 Å². The molecule has 0 aromatic carbocycles. The van der Waals surface area contributed by atoms with Crippen LogP contribution in [0.4, 0.5) is 0 Å². The largest absolute Gasteiger partial charge is 0.330 e. The molecule has 0 amide bonds. The van der Waals surface area contributed by atoms with Crippen molar-refractivity contribution in [1.82, 2.24) is 10.2 Å². The van der Waals surface area contributed by atoms with Crippen LogP contribution >= 0.6 is 35.6 Å². The van der Waals surface area contributed by atoms with Crippen molar-refractivity contribution in [3.8, 4) is 0 Å². The maximum Gasteiger partial charge on any atom is 0.155 e. The van der Waals surface area contributed by atoms with E-state index in [4.69, 9.17) is 28.9 Å². The number of hydrogen-bond donors (Lipinski definition) is 1. The van der Waals surface area contributed by atoms with Crippen molar-refractivity contribution in [3.05, 3.63) is 21.9 Å². The van der Waals surface area contributed by atoms with E-state index in [0.717, 1.165) is 18.4 Å². The molecular weight excluding hydrogens is 232 g/mol. The molecule has 0 aliphatic heterocycles. The molecule has 0 aliphatic carbocycles. The zero-order valence-electron chi connectivity index (χ0n) is 6.83. The minimum absolute atomic E-state index is 0. The Labute approximate surface area is 93.0 Å². The molecule has 74 valence electrons. The molecule has 6 heteroatoms. The fourth-order valence-electron chi connectivity index (χ4n) is 0.856. The van der Waals surface area contributed by atoms with Gasteiger partial charge in [0.25, 0.3) is 0 Å². The highest BCUT2D eigenvalue weighted by atomic mass is 35.5. The standard InChI is InChI=1S/C7H9Cl2N3.ClH/c8-6-4-5(2-1-3-10)7(9)12-11-6;/h4H,1-3,10H2;1H. The highest BCUT2D eigenvalue weighted by Crippen LogP contribution is 2.16. The van der Waals surface area contributed by atoms with Crippen LogP contribution in [0.1, 0.15) is 12.0 Å². The molecule has 13 heavy (non-hydrogen) atoms. The molecule has 0 fully saturated rings. The summed E-state index contributed by atoms with van der Waals surface area (Å²) in [5.41, 5.74) is 6.26. The van der Waals surface area contributed by atoms with Gasteiger partial charge in [-0.1, -0.05) is 23.2 Å². The third kappa shape index (κ3) is 4.09. The first-order valence-corrected chi connectivity index (χ1v) is 4.37. The lowest BCUT2D eigenvalue weighted by Gasteiger charge is -2.00. The Balaban J connectivity index is 0.00000144. The first kappa shape index (κ1) is 12.9. The van der Waals surface area contributed by atoms with E-state index in [1.807, 2.05) is 0 Å². The molecule has 0 spiro atoms. The van der Waals surface area contributed by atoms with Crippen molar-refractivity contribution in [2.24, 2.45) is 5.73 Å². The molecular formula is C7H10Cl3N3. The Hall–Kier alpha value is -0.0900. The number of aryl methyl sites for hydroxylation is 1. The third-order valence-electron chi connectivity index (χ3n) is 1.44. The first-order valence-electron chi connectivity index (χ1n) is 3.61. The van der Waals surface area contributed by atoms with Crippen molar-refractivity contribution >= 4 is 35.6 Å². The summed E-state index contributed by atoms with van der Waals surface area (Å²) in [4.78, 5) is 0. The second-order valence-electron chi connectivity index (χ2n) is 2.38. The minimum atomic E-state index is 0. The average molecular weight is 243 g/mol. The molecule has 1 aromatic heterocycles. The summed E-state index contributed by atoms with van der Waals surface area (Å²) in [5, 5.41) is 8.05. The summed E-state index contributed by atoms with van der Waals surface area (Å²) in [5.74, 6) is 0. The van der Waals surface area contributed by atoms with Gasteiger partial charge in [-0.2, -0.15) is 0 Å². The number of hydrogen-bond acceptors (Lipinski definition) is 3. The smallest absolute Gasteiger partial charge is 0.155 e. The van der Waals surface area contributed by atoms with Crippen LogP contribution in [0.3, 0.4) is 0 Å². The Kier molecular flexibility index (Phi) is 6.33. The van der Waals surface area contributed by atoms with E-state index in [0.29, 0.717) is 16.9 Å². The summed E-state index contributed by atoms with van der Waals surface area (Å²) >= 11 is 11.4. The van der Waals surface area contributed by atoms with Gasteiger partial charge in [0.05, 0.1) is 0 Å². The quantitative estimate of drug-likeness (QED) is 0.883. The van der Waals surface area contributed by atoms with Crippen LogP contribution in [0.25, 0.3) is 0 Å². The molecule has 0 radical (unpaired) electrons. The maximum atomic E-state index is 5.76. The molecule has 0 saturated heterocycles. The fraction of sp³-hybridized carbons (Fsp3) is 0.429. The molecule has 0 saturated carbocycles. The Bertz CT molecular complexity index is 267. The number of aromatic nitrogens is 2. The highest BCUT2D eigenvalue weighted by molar-refractivity contribution is 6.31. The molecule has 0 bridgehead atoms. The topological polar surface area (TPSA) is 51.8 Å². The number of nitrogens with two attached hydrogens (primary N) is 1. The molecule has 0 atom stereocenters. The van der Waals surface area contributed by atoms with E-state index >= 15 is 0 Å². The predicted octanol–water partition coefficient (Wildman–Crippen LogP) is 2.10. The summed E-state index contributed by atoms with van der Waals surface area (Å²) in [7, 11) is 0. The van der Waals surface area contributed by atoms with E-state index < -0.39 is 0 Å². The maximum absolute atomic E-state index is 5.76. The van der Waals surface area contributed by atoms with Gasteiger partial charge in [0.2, 0.25) is 0 Å². The van der Waals surface area contributed by atoms with Crippen LogP contribution in [-0.4, -0.2) is 16.7 Å². The van der Waals surface area contributed by atoms with Gasteiger partial charge in [-0.3, -0.25) is 0 Å². The fourth-order valence-corrected chi connectivity index (χ4v) is 1.21. The Morgan fingerprint density at radius 1 is 1.31 bits per heavy atom. The van der Waals surface area contributed by atoms with Crippen molar-refractivity contribution < 1.29 is 0 Å². The van der Waals surface area contributed by atoms with Gasteiger partial charge in [0, 0.05) is 0 Å². The molecule has 1 aromatic rings. The Morgan fingerprint density at radius 2 is 2.00 bits per heavy atom. The van der Waals surface area contributed by atoms with Crippen LogP contribution < -0.4 is 5.73 Å². The highest BCUT2D eigenvalue weighted by Gasteiger charge is 2.02. The first-order chi connectivity index (χ1) is 5.74. The van der Waals surface area contributed by atoms with Crippen molar-refractivity contribution in [3.63, 3.8) is 0 Å². The van der Waals surface area contributed by atoms with Crippen molar-refractivity contribution in [1.29, 1.82) is 0 Å². The number of nitrogens with zero attached hydrogens (tertiary/aromatic N) is 2. The number of halogens is 3. The molecule has 2 N–H and O–H groups in total. The van der Waals surface area contributed by atoms with E-state index in [9.17, 15) is 0 Å². The monoisotopic (exact) mass is 241 g/mol. The van der Waals surface area contributed by atoms with Gasteiger partial charge >= 0.3 is 0 Å². The van der Waals surface area contributed by atoms with Gasteiger partial charge in [0.1, 0.15) is 0 Å². The number of rotatable bonds is 3. The minimum Gasteiger partial charge on any atom is -0.330 e. The second kappa shape index (κ2) is 6.38. The second-order valence-corrected chi connectivity index (χ2v) is 3.12. The normalized spacial score (nSPS) is 9.46. The summed E-state index contributed by atoms with van der Waals surface area (Å²) < 4.78 is 0. The molecule has 1 heterocycles. The van der Waals surface area contributed by atoms with Crippen molar-refractivity contribution in [2.75, 3.05) is 6.54 Å². The van der Waals surface area contributed by atoms with Crippen LogP contribution in [0.2, 0.25) is 10.3 Å². The van der Waals surface area contributed by atoms with Crippen molar-refractivity contribution in [2.45, 2.75) is 12.8 Å². The van der Waals surface area contributed by atoms with E-state index in [1.54, 1.807) is 6.07 Å². The lowest BCUT2D eigenvalue weighted by atomic mass is 10.2. The Morgan fingerprint density at radius 3 is 2.62 bits per heavy atom. The zero-order chi connectivity index (χ0) is 8.97. The van der Waals surface area contributed by atoms with Gasteiger partial charge in [-0.05, 0) is 31.0 Å². The molecule has 0 aliphatic rings. The average Bonchev–Trinajstić information content (AvgIpc) is 2.07. The van der Waals surface area contributed by atoms with Gasteiger partial charge in [-0.15, -0.1) is 22.6 Å². The SMILES string of the molecule is Cl.NCCCc1cc(Cl)nnc1Cl. The lowest BCUT2D eigenvalue weighted by molar-refractivity contribution is 0.821. The van der Waals surface area contributed by atoms with Crippen LogP contribution in [0.5, 0.6) is 0 Å². The zero-order valence-corrected chi connectivity index (χ0v) is 9.16. The van der Waals surface area contributed by atoms with Gasteiger partial charge < -0.3 is 5.73 Å². The molecule has 3 nitrogen and oxygen atoms in total. The van der Waals surface area contributed by atoms with Crippen LogP contribution in [0, 0.1) is 0 Å². The van der Waals surface area contributed by atoms with E-state index in [-0.39, 0.29) is 12.4 Å². The van der Waals surface area contributed by atoms with Gasteiger partial charge in [-0.25, -0.2) is 0 Å². The van der Waals surface area contributed by atoms with E-state index in [2.05, 4.69) is 10.2 Å². The summed E-state index contributed by atoms with van der Waals surface area (Å²) in [6, 6.07) is 1.71. The van der Waals surface area contributed by atoms with Gasteiger partial charge in [0.15, 0.2) is 10.3 Å². The van der Waals surface area contributed by atoms with E-state index in [1.165, 1.54) is 0 Å². The molecule has 0 unspecified atom stereocenters. The van der Waals surface area contributed by atoms with Crippen LogP contribution in [-0.2, 0) is 6.42 Å². The predicted molar refractivity (Wildman–Crippen MR) is 56.7 cm³/mol. The lowest BCUT2D eigenvalue weighted by Crippen LogP contribution is -2.01. The summed E-state index contributed by atoms with van der Waals surface area (Å²) in [6.45, 7) is 0.635. The summed E-state index contributed by atoms with van der Waals surface area (Å²) in [6.07, 6.45) is 1.67. The molecule has 1 rings (SSSR count).